The predicted octanol–water partition coefficient (Wildman–Crippen LogP) is 1.88. The Morgan fingerprint density at radius 3 is 2.71 bits per heavy atom. The van der Waals surface area contributed by atoms with Crippen molar-refractivity contribution in [1.82, 2.24) is 30.7 Å². The second-order valence-corrected chi connectivity index (χ2v) is 7.85. The number of alkyl halides is 3. The number of pyridine rings is 1. The molecular formula is C19H20F3N7OS. The molecule has 2 aliphatic rings. The molecule has 12 heteroatoms. The van der Waals surface area contributed by atoms with Gasteiger partial charge >= 0.3 is 6.18 Å². The maximum atomic E-state index is 12.8. The summed E-state index contributed by atoms with van der Waals surface area (Å²) >= 11 is 4.94. The van der Waals surface area contributed by atoms with Crippen molar-refractivity contribution in [1.29, 1.82) is 0 Å². The lowest BCUT2D eigenvalue weighted by Gasteiger charge is -2.40. The minimum absolute atomic E-state index is 0.0614. The lowest BCUT2D eigenvalue weighted by atomic mass is 10.1. The molecule has 3 N–H and O–H groups in total. The number of hydrogen-bond acceptors (Lipinski definition) is 6. The zero-order valence-corrected chi connectivity index (χ0v) is 17.3. The van der Waals surface area contributed by atoms with Gasteiger partial charge in [0.05, 0.1) is 11.3 Å². The minimum atomic E-state index is -4.40. The summed E-state index contributed by atoms with van der Waals surface area (Å²) in [5.41, 5.74) is 1.15. The van der Waals surface area contributed by atoms with E-state index in [1.165, 1.54) is 6.07 Å². The number of halogens is 3. The molecule has 4 rings (SSSR count). The van der Waals surface area contributed by atoms with Gasteiger partial charge in [0, 0.05) is 50.2 Å². The van der Waals surface area contributed by atoms with E-state index in [0.29, 0.717) is 43.4 Å². The van der Waals surface area contributed by atoms with E-state index in [-0.39, 0.29) is 17.1 Å². The topological polar surface area (TPSA) is 89.2 Å². The van der Waals surface area contributed by atoms with Crippen molar-refractivity contribution in [3.63, 3.8) is 0 Å². The summed E-state index contributed by atoms with van der Waals surface area (Å²) < 4.78 is 38.3. The van der Waals surface area contributed by atoms with Crippen molar-refractivity contribution in [3.8, 4) is 0 Å². The number of anilines is 1. The largest absolute Gasteiger partial charge is 0.417 e. The fourth-order valence-electron chi connectivity index (χ4n) is 3.68. The molecule has 2 fully saturated rings. The van der Waals surface area contributed by atoms with Crippen molar-refractivity contribution in [2.24, 2.45) is 0 Å². The molecule has 1 atom stereocenters. The zero-order valence-electron chi connectivity index (χ0n) is 16.5. The van der Waals surface area contributed by atoms with Gasteiger partial charge in [0.25, 0.3) is 5.91 Å². The number of rotatable bonds is 4. The van der Waals surface area contributed by atoms with E-state index in [4.69, 9.17) is 12.2 Å². The third-order valence-corrected chi connectivity index (χ3v) is 5.43. The molecule has 0 unspecified atom stereocenters. The number of aromatic amines is 1. The Kier molecular flexibility index (Phi) is 5.67. The average molecular weight is 451 g/mol. The number of thiocarbonyl (C=S) groups is 1. The monoisotopic (exact) mass is 451 g/mol. The Balaban J connectivity index is 1.40. The first-order chi connectivity index (χ1) is 14.7. The summed E-state index contributed by atoms with van der Waals surface area (Å²) in [5.74, 6) is 0.230. The van der Waals surface area contributed by atoms with Crippen LogP contribution in [0.4, 0.5) is 19.0 Å². The van der Waals surface area contributed by atoms with Crippen LogP contribution in [0, 0.1) is 0 Å². The Morgan fingerprint density at radius 1 is 1.29 bits per heavy atom. The fraction of sp³-hybridized carbons (Fsp3) is 0.368. The molecule has 0 radical (unpaired) electrons. The Morgan fingerprint density at radius 2 is 2.10 bits per heavy atom. The molecule has 2 aliphatic heterocycles. The molecule has 2 aromatic heterocycles. The molecule has 2 aromatic rings. The van der Waals surface area contributed by atoms with Gasteiger partial charge in [-0.1, -0.05) is 0 Å². The van der Waals surface area contributed by atoms with Gasteiger partial charge < -0.3 is 10.2 Å². The smallest absolute Gasteiger partial charge is 0.351 e. The van der Waals surface area contributed by atoms with E-state index in [2.05, 4.69) is 30.7 Å². The molecule has 1 amide bonds. The number of aromatic nitrogens is 3. The summed E-state index contributed by atoms with van der Waals surface area (Å²) in [6, 6.07) is 2.54. The molecule has 8 nitrogen and oxygen atoms in total. The van der Waals surface area contributed by atoms with Crippen LogP contribution >= 0.6 is 12.2 Å². The maximum Gasteiger partial charge on any atom is 0.417 e. The lowest BCUT2D eigenvalue weighted by molar-refractivity contribution is -0.137. The van der Waals surface area contributed by atoms with Crippen LogP contribution in [0.25, 0.3) is 6.08 Å². The van der Waals surface area contributed by atoms with Crippen LogP contribution in [-0.2, 0) is 17.5 Å². The second kappa shape index (κ2) is 8.27. The highest BCUT2D eigenvalue weighted by atomic mass is 32.1. The van der Waals surface area contributed by atoms with E-state index in [1.807, 2.05) is 11.8 Å². The molecule has 0 aliphatic carbocycles. The van der Waals surface area contributed by atoms with Gasteiger partial charge in [-0.15, -0.1) is 0 Å². The average Bonchev–Trinajstić information content (AvgIpc) is 3.27. The summed E-state index contributed by atoms with van der Waals surface area (Å²) in [5, 5.41) is 12.6. The molecule has 2 saturated heterocycles. The van der Waals surface area contributed by atoms with Gasteiger partial charge in [0.15, 0.2) is 5.11 Å². The zero-order chi connectivity index (χ0) is 22.2. The van der Waals surface area contributed by atoms with E-state index in [1.54, 1.807) is 12.3 Å². The van der Waals surface area contributed by atoms with Crippen LogP contribution in [0.2, 0.25) is 0 Å². The van der Waals surface area contributed by atoms with Crippen molar-refractivity contribution in [2.75, 3.05) is 24.5 Å². The predicted molar refractivity (Wildman–Crippen MR) is 112 cm³/mol. The van der Waals surface area contributed by atoms with Crippen molar-refractivity contribution < 1.29 is 18.0 Å². The SMILES string of the molecule is C[C@@H]1CN(Cc2c[nH]nc2/C=C2\NC(=S)NC2=O)CCN1c1ccc(C(F)(F)F)cn1. The van der Waals surface area contributed by atoms with Crippen LogP contribution in [0.15, 0.2) is 30.2 Å². The fourth-order valence-corrected chi connectivity index (χ4v) is 3.88. The molecular weight excluding hydrogens is 431 g/mol. The van der Waals surface area contributed by atoms with Gasteiger partial charge in [-0.2, -0.15) is 18.3 Å². The number of amides is 1. The number of nitrogens with one attached hydrogen (secondary N) is 3. The van der Waals surface area contributed by atoms with Crippen LogP contribution < -0.4 is 15.5 Å². The molecule has 31 heavy (non-hydrogen) atoms. The molecule has 164 valence electrons. The number of hydrogen-bond donors (Lipinski definition) is 3. The normalized spacial score (nSPS) is 21.5. The van der Waals surface area contributed by atoms with Crippen molar-refractivity contribution >= 4 is 35.1 Å². The molecule has 0 spiro atoms. The van der Waals surface area contributed by atoms with E-state index >= 15 is 0 Å². The molecule has 0 bridgehead atoms. The first kappa shape index (κ1) is 21.2. The number of nitrogens with zero attached hydrogens (tertiary/aromatic N) is 4. The highest BCUT2D eigenvalue weighted by molar-refractivity contribution is 7.80. The van der Waals surface area contributed by atoms with Crippen LogP contribution in [0.3, 0.4) is 0 Å². The summed E-state index contributed by atoms with van der Waals surface area (Å²) in [7, 11) is 0. The number of carbonyl (C=O) groups excluding carboxylic acids is 1. The van der Waals surface area contributed by atoms with Gasteiger partial charge in [0.2, 0.25) is 0 Å². The first-order valence-corrected chi connectivity index (χ1v) is 10.0. The summed E-state index contributed by atoms with van der Waals surface area (Å²) in [6.07, 6.45) is -0.0933. The second-order valence-electron chi connectivity index (χ2n) is 7.44. The van der Waals surface area contributed by atoms with E-state index < -0.39 is 11.7 Å². The first-order valence-electron chi connectivity index (χ1n) is 9.59. The van der Waals surface area contributed by atoms with Crippen molar-refractivity contribution in [3.05, 3.63) is 47.0 Å². The molecule has 4 heterocycles. The number of piperazine rings is 1. The highest BCUT2D eigenvalue weighted by Gasteiger charge is 2.32. The summed E-state index contributed by atoms with van der Waals surface area (Å²) in [6.45, 7) is 4.66. The minimum Gasteiger partial charge on any atom is -0.351 e. The molecule has 0 saturated carbocycles. The maximum absolute atomic E-state index is 12.8. The van der Waals surface area contributed by atoms with Crippen LogP contribution in [0.5, 0.6) is 0 Å². The van der Waals surface area contributed by atoms with Gasteiger partial charge in [-0.3, -0.25) is 20.1 Å². The van der Waals surface area contributed by atoms with Crippen LogP contribution in [0.1, 0.15) is 23.7 Å². The summed E-state index contributed by atoms with van der Waals surface area (Å²) in [4.78, 5) is 20.1. The Bertz CT molecular complexity index is 1020. The van der Waals surface area contributed by atoms with E-state index in [0.717, 1.165) is 17.8 Å². The molecule has 0 aromatic carbocycles. The van der Waals surface area contributed by atoms with Gasteiger partial charge in [0.1, 0.15) is 11.5 Å². The quantitative estimate of drug-likeness (QED) is 0.483. The van der Waals surface area contributed by atoms with Gasteiger partial charge in [-0.25, -0.2) is 4.98 Å². The van der Waals surface area contributed by atoms with Gasteiger partial charge in [-0.05, 0) is 37.4 Å². The third-order valence-electron chi connectivity index (χ3n) is 5.23. The standard InChI is InChI=1S/C19H20F3N7OS/c1-11-9-28(4-5-29(11)16-3-2-13(8-23-16)19(20,21)22)10-12-7-24-27-14(12)6-15-17(30)26-18(31)25-15/h2-3,6-8,11H,4-5,9-10H2,1H3,(H,24,27)(H2,25,26,30,31)/b15-6-/t11-/m1/s1. The lowest BCUT2D eigenvalue weighted by Crippen LogP contribution is -2.51. The number of H-pyrrole nitrogens is 1. The van der Waals surface area contributed by atoms with Crippen molar-refractivity contribution in [2.45, 2.75) is 25.7 Å². The van der Waals surface area contributed by atoms with E-state index in [9.17, 15) is 18.0 Å². The highest BCUT2D eigenvalue weighted by Crippen LogP contribution is 2.30. The van der Waals surface area contributed by atoms with Crippen LogP contribution in [-0.4, -0.2) is 56.8 Å². The Hall–Kier alpha value is -2.99. The number of carbonyl (C=O) groups is 1. The third kappa shape index (κ3) is 4.69. The Labute approximate surface area is 181 Å².